The molecule has 26 heavy (non-hydrogen) atoms. The summed E-state index contributed by atoms with van der Waals surface area (Å²) in [7, 11) is 1.66. The number of rotatable bonds is 7. The number of allylic oxidation sites excluding steroid dienone is 4. The Hall–Kier alpha value is -3.07. The molecule has 1 aliphatic carbocycles. The van der Waals surface area contributed by atoms with Crippen molar-refractivity contribution in [1.29, 1.82) is 0 Å². The van der Waals surface area contributed by atoms with Gasteiger partial charge in [0.1, 0.15) is 18.1 Å². The SMILES string of the molecule is C=N/C(C1=CC=CCC1)=C(\OCc1ccccc1)c1cccc(OC)c1. The standard InChI is InChI=1S/C23H23NO2/c1-24-22(19-12-7-4-8-13-19)23(20-14-9-15-21(16-20)25-2)26-17-18-10-5-3-6-11-18/h3-7,9-12,14-16H,1,8,13,17H2,2H3/b23-22-. The highest BCUT2D eigenvalue weighted by molar-refractivity contribution is 5.69. The molecule has 0 aromatic heterocycles. The summed E-state index contributed by atoms with van der Waals surface area (Å²) in [4.78, 5) is 4.32. The van der Waals surface area contributed by atoms with Gasteiger partial charge >= 0.3 is 0 Å². The molecule has 2 aromatic rings. The minimum Gasteiger partial charge on any atom is -0.497 e. The van der Waals surface area contributed by atoms with Gasteiger partial charge in [0.15, 0.2) is 5.76 Å². The summed E-state index contributed by atoms with van der Waals surface area (Å²) in [5.41, 5.74) is 3.96. The van der Waals surface area contributed by atoms with Crippen LogP contribution in [0.1, 0.15) is 24.0 Å². The van der Waals surface area contributed by atoms with Gasteiger partial charge in [0.05, 0.1) is 7.11 Å². The Morgan fingerprint density at radius 1 is 1.12 bits per heavy atom. The van der Waals surface area contributed by atoms with E-state index < -0.39 is 0 Å². The Bertz CT molecular complexity index is 848. The minimum atomic E-state index is 0.468. The van der Waals surface area contributed by atoms with E-state index >= 15 is 0 Å². The molecule has 0 saturated carbocycles. The summed E-state index contributed by atoms with van der Waals surface area (Å²) < 4.78 is 11.6. The number of hydrogen-bond acceptors (Lipinski definition) is 3. The molecule has 3 rings (SSSR count). The van der Waals surface area contributed by atoms with Crippen molar-refractivity contribution in [2.75, 3.05) is 7.11 Å². The number of ether oxygens (including phenoxy) is 2. The fraction of sp³-hybridized carbons (Fsp3) is 0.174. The molecule has 0 fully saturated rings. The molecule has 0 aliphatic heterocycles. The molecule has 0 bridgehead atoms. The maximum Gasteiger partial charge on any atom is 0.153 e. The number of methoxy groups -OCH3 is 1. The van der Waals surface area contributed by atoms with Crippen molar-refractivity contribution in [3.63, 3.8) is 0 Å². The normalized spacial score (nSPS) is 14.3. The summed E-state index contributed by atoms with van der Waals surface area (Å²) in [5.74, 6) is 1.51. The van der Waals surface area contributed by atoms with Crippen molar-refractivity contribution < 1.29 is 9.47 Å². The minimum absolute atomic E-state index is 0.468. The van der Waals surface area contributed by atoms with Crippen molar-refractivity contribution >= 4 is 12.5 Å². The lowest BCUT2D eigenvalue weighted by Crippen LogP contribution is -2.01. The molecule has 1 aliphatic rings. The lowest BCUT2D eigenvalue weighted by Gasteiger charge is -2.18. The van der Waals surface area contributed by atoms with Gasteiger partial charge in [0.25, 0.3) is 0 Å². The maximum absolute atomic E-state index is 6.25. The third kappa shape index (κ3) is 4.31. The smallest absolute Gasteiger partial charge is 0.153 e. The van der Waals surface area contributed by atoms with Crippen molar-refractivity contribution in [3.8, 4) is 5.75 Å². The molecule has 0 saturated heterocycles. The largest absolute Gasteiger partial charge is 0.497 e. The van der Waals surface area contributed by atoms with Gasteiger partial charge in [-0.2, -0.15) is 0 Å². The van der Waals surface area contributed by atoms with Gasteiger partial charge in [0, 0.05) is 5.56 Å². The van der Waals surface area contributed by atoms with E-state index in [0.717, 1.165) is 46.7 Å². The van der Waals surface area contributed by atoms with E-state index in [1.54, 1.807) is 7.11 Å². The monoisotopic (exact) mass is 345 g/mol. The first kappa shape index (κ1) is 17.7. The van der Waals surface area contributed by atoms with Gasteiger partial charge in [-0.15, -0.1) is 0 Å². The highest BCUT2D eigenvalue weighted by Gasteiger charge is 2.16. The zero-order valence-electron chi connectivity index (χ0n) is 15.0. The Balaban J connectivity index is 2.01. The summed E-state index contributed by atoms with van der Waals surface area (Å²) in [6.45, 7) is 4.26. The Morgan fingerprint density at radius 2 is 1.96 bits per heavy atom. The van der Waals surface area contributed by atoms with Crippen LogP contribution < -0.4 is 4.74 Å². The zero-order valence-corrected chi connectivity index (χ0v) is 15.0. The average molecular weight is 345 g/mol. The first-order valence-corrected chi connectivity index (χ1v) is 8.70. The fourth-order valence-corrected chi connectivity index (χ4v) is 2.90. The summed E-state index contributed by atoms with van der Waals surface area (Å²) in [5, 5.41) is 0. The molecular formula is C23H23NO2. The highest BCUT2D eigenvalue weighted by Crippen LogP contribution is 2.32. The molecule has 0 heterocycles. The topological polar surface area (TPSA) is 30.8 Å². The third-order valence-corrected chi connectivity index (χ3v) is 4.25. The lowest BCUT2D eigenvalue weighted by molar-refractivity contribution is 0.262. The second-order valence-electron chi connectivity index (χ2n) is 6.00. The van der Waals surface area contributed by atoms with Crippen LogP contribution >= 0.6 is 0 Å². The van der Waals surface area contributed by atoms with E-state index in [4.69, 9.17) is 9.47 Å². The van der Waals surface area contributed by atoms with Crippen LogP contribution in [0.4, 0.5) is 0 Å². The predicted molar refractivity (Wildman–Crippen MR) is 107 cm³/mol. The van der Waals surface area contributed by atoms with Crippen molar-refractivity contribution in [2.45, 2.75) is 19.4 Å². The number of aliphatic imine (C=N–C) groups is 1. The molecule has 2 aromatic carbocycles. The fourth-order valence-electron chi connectivity index (χ4n) is 2.90. The van der Waals surface area contributed by atoms with E-state index in [-0.39, 0.29) is 0 Å². The molecule has 3 nitrogen and oxygen atoms in total. The van der Waals surface area contributed by atoms with Gasteiger partial charge in [0.2, 0.25) is 0 Å². The van der Waals surface area contributed by atoms with E-state index in [2.05, 4.69) is 29.9 Å². The van der Waals surface area contributed by atoms with Crippen LogP contribution in [0.5, 0.6) is 5.75 Å². The quantitative estimate of drug-likeness (QED) is 0.486. The van der Waals surface area contributed by atoms with Crippen molar-refractivity contribution in [3.05, 3.63) is 95.2 Å². The van der Waals surface area contributed by atoms with Gasteiger partial charge in [-0.3, -0.25) is 4.99 Å². The van der Waals surface area contributed by atoms with E-state index in [0.29, 0.717) is 6.61 Å². The molecule has 0 atom stereocenters. The first-order valence-electron chi connectivity index (χ1n) is 8.70. The number of nitrogens with zero attached hydrogens (tertiary/aromatic N) is 1. The molecule has 0 unspecified atom stereocenters. The first-order chi connectivity index (χ1) is 12.8. The van der Waals surface area contributed by atoms with Crippen molar-refractivity contribution in [1.82, 2.24) is 0 Å². The Morgan fingerprint density at radius 3 is 2.65 bits per heavy atom. The van der Waals surface area contributed by atoms with Crippen LogP contribution in [0.2, 0.25) is 0 Å². The third-order valence-electron chi connectivity index (χ3n) is 4.25. The van der Waals surface area contributed by atoms with Crippen LogP contribution in [0.15, 0.2) is 89.1 Å². The van der Waals surface area contributed by atoms with Crippen LogP contribution in [-0.2, 0) is 11.3 Å². The van der Waals surface area contributed by atoms with Crippen LogP contribution in [0, 0.1) is 0 Å². The Kier molecular flexibility index (Phi) is 6.05. The lowest BCUT2D eigenvalue weighted by atomic mass is 9.99. The molecule has 0 radical (unpaired) electrons. The highest BCUT2D eigenvalue weighted by atomic mass is 16.5. The van der Waals surface area contributed by atoms with Crippen LogP contribution in [-0.4, -0.2) is 13.8 Å². The van der Waals surface area contributed by atoms with E-state index in [9.17, 15) is 0 Å². The molecule has 0 spiro atoms. The predicted octanol–water partition coefficient (Wildman–Crippen LogP) is 5.56. The summed E-state index contributed by atoms with van der Waals surface area (Å²) >= 11 is 0. The second kappa shape index (κ2) is 8.86. The second-order valence-corrected chi connectivity index (χ2v) is 6.00. The summed E-state index contributed by atoms with van der Waals surface area (Å²) in [6.07, 6.45) is 8.21. The molecule has 3 heteroatoms. The van der Waals surface area contributed by atoms with Gasteiger partial charge < -0.3 is 9.47 Å². The molecule has 132 valence electrons. The van der Waals surface area contributed by atoms with E-state index in [1.807, 2.05) is 54.6 Å². The number of hydrogen-bond donors (Lipinski definition) is 0. The van der Waals surface area contributed by atoms with E-state index in [1.165, 1.54) is 0 Å². The molecule has 0 amide bonds. The Labute approximate surface area is 155 Å². The van der Waals surface area contributed by atoms with Gasteiger partial charge in [-0.05, 0) is 42.8 Å². The van der Waals surface area contributed by atoms with Crippen molar-refractivity contribution in [2.24, 2.45) is 4.99 Å². The average Bonchev–Trinajstić information content (AvgIpc) is 2.72. The zero-order chi connectivity index (χ0) is 18.2. The maximum atomic E-state index is 6.25. The summed E-state index contributed by atoms with van der Waals surface area (Å²) in [6, 6.07) is 18.0. The molecular weight excluding hydrogens is 322 g/mol. The van der Waals surface area contributed by atoms with Crippen LogP contribution in [0.3, 0.4) is 0 Å². The van der Waals surface area contributed by atoms with Gasteiger partial charge in [-0.25, -0.2) is 0 Å². The van der Waals surface area contributed by atoms with Crippen LogP contribution in [0.25, 0.3) is 5.76 Å². The number of benzene rings is 2. The molecule has 0 N–H and O–H groups in total. The van der Waals surface area contributed by atoms with Gasteiger partial charge in [-0.1, -0.05) is 60.7 Å².